The number of rotatable bonds is 1. The van der Waals surface area contributed by atoms with Crippen molar-refractivity contribution in [1.82, 2.24) is 0 Å². The second-order valence-corrected chi connectivity index (χ2v) is 4.06. The summed E-state index contributed by atoms with van der Waals surface area (Å²) < 4.78 is 11.1. The van der Waals surface area contributed by atoms with Gasteiger partial charge in [-0.05, 0) is 13.8 Å². The minimum absolute atomic E-state index is 0.248. The van der Waals surface area contributed by atoms with Crippen LogP contribution in [-0.2, 0) is 9.47 Å². The van der Waals surface area contributed by atoms with E-state index in [0.717, 1.165) is 0 Å². The number of aliphatic hydroxyl groups is 1. The number of nitrogens with one attached hydrogen (secondary N) is 1. The van der Waals surface area contributed by atoms with Crippen molar-refractivity contribution in [3.05, 3.63) is 0 Å². The van der Waals surface area contributed by atoms with E-state index in [1.807, 2.05) is 0 Å². The minimum Gasteiger partial charge on any atom is -0.390 e. The Morgan fingerprint density at radius 3 is 2.62 bits per heavy atom. The molecule has 1 aliphatic carbocycles. The summed E-state index contributed by atoms with van der Waals surface area (Å²) in [6, 6.07) is -0.248. The van der Waals surface area contributed by atoms with Crippen LogP contribution in [-0.4, -0.2) is 35.2 Å². The van der Waals surface area contributed by atoms with E-state index in [0.29, 0.717) is 6.42 Å². The topological polar surface area (TPSA) is 74.9 Å². The summed E-state index contributed by atoms with van der Waals surface area (Å²) in [6.07, 6.45) is -0.642. The molecule has 4 atom stereocenters. The fraction of sp³-hybridized carbons (Fsp3) is 1.00. The summed E-state index contributed by atoms with van der Waals surface area (Å²) in [5, 5.41) is 13.0. The molecule has 13 heavy (non-hydrogen) atoms. The molecule has 0 aromatic carbocycles. The van der Waals surface area contributed by atoms with Gasteiger partial charge in [0.2, 0.25) is 0 Å². The molecule has 0 radical (unpaired) electrons. The van der Waals surface area contributed by atoms with Crippen molar-refractivity contribution in [3.63, 3.8) is 0 Å². The molecular formula is C8H14N2O3. The van der Waals surface area contributed by atoms with Gasteiger partial charge < -0.3 is 14.6 Å². The first-order valence-corrected chi connectivity index (χ1v) is 4.44. The van der Waals surface area contributed by atoms with Crippen LogP contribution in [0.2, 0.25) is 0 Å². The van der Waals surface area contributed by atoms with Gasteiger partial charge in [0.25, 0.3) is 0 Å². The van der Waals surface area contributed by atoms with Gasteiger partial charge in [0, 0.05) is 6.42 Å². The lowest BCUT2D eigenvalue weighted by Crippen LogP contribution is -2.28. The Balaban J connectivity index is 2.17. The van der Waals surface area contributed by atoms with Gasteiger partial charge in [0.05, 0.1) is 6.10 Å². The van der Waals surface area contributed by atoms with Crippen molar-refractivity contribution in [2.24, 2.45) is 5.11 Å². The van der Waals surface area contributed by atoms with Gasteiger partial charge in [0.15, 0.2) is 5.79 Å². The monoisotopic (exact) mass is 186 g/mol. The molecule has 0 spiro atoms. The minimum atomic E-state index is -0.653. The summed E-state index contributed by atoms with van der Waals surface area (Å²) >= 11 is 0. The molecule has 74 valence electrons. The number of hydrogen-bond acceptors (Lipinski definition) is 5. The molecule has 2 fully saturated rings. The van der Waals surface area contributed by atoms with Crippen LogP contribution in [0.3, 0.4) is 0 Å². The standard InChI is InChI=1S/C8H14N2O3/c1-8(2)12-6-4(10-9)3-5(11)7(6)13-8/h4-7,9,11H,3H2,1-2H3/t4?,5-,6?,7?/m0/s1. The third kappa shape index (κ3) is 1.37. The number of hydrogen-bond donors (Lipinski definition) is 2. The SMILES string of the molecule is CC1(C)OC2C(N=N)C[C@H](O)C2O1. The highest BCUT2D eigenvalue weighted by atomic mass is 16.8. The van der Waals surface area contributed by atoms with E-state index in [1.54, 1.807) is 13.8 Å². The summed E-state index contributed by atoms with van der Waals surface area (Å²) in [5.41, 5.74) is 6.95. The van der Waals surface area contributed by atoms with Crippen LogP contribution in [0.1, 0.15) is 20.3 Å². The highest BCUT2D eigenvalue weighted by Gasteiger charge is 2.53. The normalized spacial score (nSPS) is 47.6. The third-order valence-electron chi connectivity index (χ3n) is 2.57. The van der Waals surface area contributed by atoms with Crippen molar-refractivity contribution in [2.45, 2.75) is 50.4 Å². The van der Waals surface area contributed by atoms with Crippen molar-refractivity contribution < 1.29 is 14.6 Å². The van der Waals surface area contributed by atoms with Crippen LogP contribution in [0.25, 0.3) is 0 Å². The molecule has 2 rings (SSSR count). The highest BCUT2D eigenvalue weighted by Crippen LogP contribution is 2.39. The maximum absolute atomic E-state index is 9.58. The first kappa shape index (κ1) is 9.05. The number of fused-ring (bicyclic) bond motifs is 1. The van der Waals surface area contributed by atoms with Crippen LogP contribution in [0.4, 0.5) is 0 Å². The van der Waals surface area contributed by atoms with E-state index in [1.165, 1.54) is 0 Å². The summed E-state index contributed by atoms with van der Waals surface area (Å²) in [6.45, 7) is 3.61. The molecule has 5 nitrogen and oxygen atoms in total. The van der Waals surface area contributed by atoms with Gasteiger partial charge in [-0.15, -0.1) is 0 Å². The van der Waals surface area contributed by atoms with Crippen LogP contribution in [0, 0.1) is 5.53 Å². The van der Waals surface area contributed by atoms with Gasteiger partial charge in [-0.1, -0.05) is 0 Å². The molecule has 1 aliphatic heterocycles. The number of ether oxygens (including phenoxy) is 2. The maximum Gasteiger partial charge on any atom is 0.164 e. The molecule has 3 unspecified atom stereocenters. The lowest BCUT2D eigenvalue weighted by atomic mass is 10.2. The Hall–Kier alpha value is -0.520. The van der Waals surface area contributed by atoms with Crippen LogP contribution in [0.5, 0.6) is 0 Å². The summed E-state index contributed by atoms with van der Waals surface area (Å²) in [5.74, 6) is -0.653. The zero-order valence-electron chi connectivity index (χ0n) is 7.73. The molecule has 1 heterocycles. The molecule has 0 amide bonds. The fourth-order valence-electron chi connectivity index (χ4n) is 2.05. The zero-order valence-corrected chi connectivity index (χ0v) is 7.73. The Morgan fingerprint density at radius 1 is 1.38 bits per heavy atom. The van der Waals surface area contributed by atoms with E-state index in [9.17, 15) is 5.11 Å². The molecule has 1 saturated heterocycles. The first-order chi connectivity index (χ1) is 6.03. The fourth-order valence-corrected chi connectivity index (χ4v) is 2.05. The van der Waals surface area contributed by atoms with Crippen molar-refractivity contribution in [2.75, 3.05) is 0 Å². The van der Waals surface area contributed by atoms with Crippen LogP contribution >= 0.6 is 0 Å². The van der Waals surface area contributed by atoms with E-state index < -0.39 is 11.9 Å². The Kier molecular flexibility index (Phi) is 1.90. The van der Waals surface area contributed by atoms with Gasteiger partial charge in [-0.25, -0.2) is 5.53 Å². The molecule has 0 aromatic rings. The Labute approximate surface area is 76.5 Å². The number of aliphatic hydroxyl groups excluding tert-OH is 1. The number of nitrogens with zero attached hydrogens (tertiary/aromatic N) is 1. The second-order valence-electron chi connectivity index (χ2n) is 4.06. The quantitative estimate of drug-likeness (QED) is 0.591. The Morgan fingerprint density at radius 2 is 2.00 bits per heavy atom. The average molecular weight is 186 g/mol. The van der Waals surface area contributed by atoms with Gasteiger partial charge in [-0.3, -0.25) is 0 Å². The van der Waals surface area contributed by atoms with Gasteiger partial charge >= 0.3 is 0 Å². The molecule has 5 heteroatoms. The molecule has 0 bridgehead atoms. The third-order valence-corrected chi connectivity index (χ3v) is 2.57. The maximum atomic E-state index is 9.58. The van der Waals surface area contributed by atoms with Crippen LogP contribution < -0.4 is 0 Å². The van der Waals surface area contributed by atoms with E-state index in [-0.39, 0.29) is 18.2 Å². The van der Waals surface area contributed by atoms with Crippen molar-refractivity contribution in [3.8, 4) is 0 Å². The first-order valence-electron chi connectivity index (χ1n) is 4.44. The van der Waals surface area contributed by atoms with E-state index in [2.05, 4.69) is 5.11 Å². The van der Waals surface area contributed by atoms with Crippen molar-refractivity contribution in [1.29, 1.82) is 5.53 Å². The predicted molar refractivity (Wildman–Crippen MR) is 43.4 cm³/mol. The lowest BCUT2D eigenvalue weighted by Gasteiger charge is -2.20. The smallest absolute Gasteiger partial charge is 0.164 e. The van der Waals surface area contributed by atoms with Crippen molar-refractivity contribution >= 4 is 0 Å². The molecule has 2 N–H and O–H groups in total. The average Bonchev–Trinajstić information content (AvgIpc) is 2.47. The van der Waals surface area contributed by atoms with Crippen LogP contribution in [0.15, 0.2) is 5.11 Å². The summed E-state index contributed by atoms with van der Waals surface area (Å²) in [7, 11) is 0. The summed E-state index contributed by atoms with van der Waals surface area (Å²) in [4.78, 5) is 0. The van der Waals surface area contributed by atoms with E-state index in [4.69, 9.17) is 15.0 Å². The van der Waals surface area contributed by atoms with E-state index >= 15 is 0 Å². The highest BCUT2D eigenvalue weighted by molar-refractivity contribution is 5.01. The predicted octanol–water partition coefficient (Wildman–Crippen LogP) is 0.671. The lowest BCUT2D eigenvalue weighted by molar-refractivity contribution is -0.163. The largest absolute Gasteiger partial charge is 0.390 e. The second kappa shape index (κ2) is 2.73. The van der Waals surface area contributed by atoms with Gasteiger partial charge in [-0.2, -0.15) is 5.11 Å². The van der Waals surface area contributed by atoms with Gasteiger partial charge in [0.1, 0.15) is 18.2 Å². The zero-order chi connectivity index (χ0) is 9.64. The molecule has 2 aliphatic rings. The molecule has 1 saturated carbocycles. The Bertz CT molecular complexity index is 231. The molecule has 0 aromatic heterocycles. The molecular weight excluding hydrogens is 172 g/mol.